The summed E-state index contributed by atoms with van der Waals surface area (Å²) in [7, 11) is 0. The van der Waals surface area contributed by atoms with Crippen molar-refractivity contribution in [2.45, 2.75) is 18.9 Å². The number of β-amino-alcohol motifs (C(OH)–C–C–N with tert-alkyl or cyclic N) is 1. The summed E-state index contributed by atoms with van der Waals surface area (Å²) in [6.45, 7) is 1.21. The molecular weight excluding hydrogens is 246 g/mol. The molecule has 1 fully saturated rings. The number of benzene rings is 1. The molecule has 2 heterocycles. The Morgan fingerprint density at radius 1 is 1.39 bits per heavy atom. The molecule has 1 amide bonds. The molecule has 0 spiro atoms. The fraction of sp³-hybridized carbons (Fsp3) is 0.357. The molecule has 3 rings (SSSR count). The Morgan fingerprint density at radius 2 is 2.22 bits per heavy atom. The first-order valence-electron chi connectivity index (χ1n) is 6.19. The molecular formula is C14H15NO2S. The van der Waals surface area contributed by atoms with Crippen molar-refractivity contribution in [3.05, 3.63) is 35.2 Å². The van der Waals surface area contributed by atoms with E-state index in [9.17, 15) is 9.90 Å². The predicted molar refractivity (Wildman–Crippen MR) is 73.0 cm³/mol. The molecule has 3 nitrogen and oxygen atoms in total. The molecule has 2 aromatic rings. The molecule has 1 aliphatic rings. The molecule has 1 unspecified atom stereocenters. The number of amides is 1. The van der Waals surface area contributed by atoms with Gasteiger partial charge < -0.3 is 10.0 Å². The minimum Gasteiger partial charge on any atom is -0.391 e. The van der Waals surface area contributed by atoms with Crippen LogP contribution < -0.4 is 0 Å². The molecule has 0 aliphatic carbocycles. The van der Waals surface area contributed by atoms with E-state index in [2.05, 4.69) is 0 Å². The molecule has 0 bridgehead atoms. The van der Waals surface area contributed by atoms with Gasteiger partial charge in [0.1, 0.15) is 0 Å². The molecule has 0 saturated carbocycles. The summed E-state index contributed by atoms with van der Waals surface area (Å²) in [5, 5.41) is 12.6. The average Bonchev–Trinajstić information content (AvgIpc) is 2.82. The van der Waals surface area contributed by atoms with E-state index >= 15 is 0 Å². The van der Waals surface area contributed by atoms with E-state index in [0.29, 0.717) is 6.54 Å². The van der Waals surface area contributed by atoms with Crippen LogP contribution in [0.3, 0.4) is 0 Å². The second kappa shape index (κ2) is 4.71. The molecule has 94 valence electrons. The van der Waals surface area contributed by atoms with Crippen molar-refractivity contribution >= 4 is 27.3 Å². The lowest BCUT2D eigenvalue weighted by Gasteiger charge is -2.30. The Kier molecular flexibility index (Phi) is 3.06. The average molecular weight is 261 g/mol. The molecule has 1 aliphatic heterocycles. The van der Waals surface area contributed by atoms with Gasteiger partial charge in [0.25, 0.3) is 5.91 Å². The zero-order chi connectivity index (χ0) is 12.5. The van der Waals surface area contributed by atoms with Gasteiger partial charge in [-0.2, -0.15) is 0 Å². The first-order valence-corrected chi connectivity index (χ1v) is 7.07. The molecule has 1 aromatic heterocycles. The van der Waals surface area contributed by atoms with Gasteiger partial charge in [0.15, 0.2) is 0 Å². The Bertz CT molecular complexity index is 578. The standard InChI is InChI=1S/C14H15NO2S/c16-10-4-3-7-15(8-10)14(17)12-9-18-13-6-2-1-5-11(12)13/h1-2,5-6,9-10,16H,3-4,7-8H2. The van der Waals surface area contributed by atoms with Gasteiger partial charge in [-0.1, -0.05) is 18.2 Å². The summed E-state index contributed by atoms with van der Waals surface area (Å²) in [5.41, 5.74) is 0.768. The number of hydrogen-bond donors (Lipinski definition) is 1. The monoisotopic (exact) mass is 261 g/mol. The lowest BCUT2D eigenvalue weighted by atomic mass is 10.1. The fourth-order valence-corrected chi connectivity index (χ4v) is 3.39. The van der Waals surface area contributed by atoms with Crippen molar-refractivity contribution in [3.8, 4) is 0 Å². The topological polar surface area (TPSA) is 40.5 Å². The van der Waals surface area contributed by atoms with Gasteiger partial charge in [-0.3, -0.25) is 4.79 Å². The van der Waals surface area contributed by atoms with Crippen molar-refractivity contribution in [1.82, 2.24) is 4.90 Å². The van der Waals surface area contributed by atoms with E-state index in [-0.39, 0.29) is 12.0 Å². The highest BCUT2D eigenvalue weighted by molar-refractivity contribution is 7.17. The third-order valence-corrected chi connectivity index (χ3v) is 4.36. The number of aliphatic hydroxyl groups is 1. The molecule has 1 saturated heterocycles. The number of piperidine rings is 1. The highest BCUT2D eigenvalue weighted by atomic mass is 32.1. The number of fused-ring (bicyclic) bond motifs is 1. The van der Waals surface area contributed by atoms with E-state index in [0.717, 1.165) is 35.0 Å². The van der Waals surface area contributed by atoms with Crippen molar-refractivity contribution in [2.75, 3.05) is 13.1 Å². The second-order valence-electron chi connectivity index (χ2n) is 4.69. The van der Waals surface area contributed by atoms with Crippen LogP contribution in [0.15, 0.2) is 29.6 Å². The van der Waals surface area contributed by atoms with Crippen molar-refractivity contribution < 1.29 is 9.90 Å². The first kappa shape index (κ1) is 11.7. The number of carbonyl (C=O) groups excluding carboxylic acids is 1. The summed E-state index contributed by atoms with van der Waals surface area (Å²) >= 11 is 1.60. The summed E-state index contributed by atoms with van der Waals surface area (Å²) in [6, 6.07) is 7.95. The van der Waals surface area contributed by atoms with Gasteiger partial charge in [0.05, 0.1) is 11.7 Å². The minimum atomic E-state index is -0.368. The van der Waals surface area contributed by atoms with E-state index in [4.69, 9.17) is 0 Å². The van der Waals surface area contributed by atoms with E-state index < -0.39 is 0 Å². The normalized spacial score (nSPS) is 20.3. The summed E-state index contributed by atoms with van der Waals surface area (Å²) in [4.78, 5) is 14.2. The van der Waals surface area contributed by atoms with Crippen molar-refractivity contribution in [2.24, 2.45) is 0 Å². The van der Waals surface area contributed by atoms with Crippen LogP contribution in [0.5, 0.6) is 0 Å². The number of hydrogen-bond acceptors (Lipinski definition) is 3. The zero-order valence-corrected chi connectivity index (χ0v) is 10.8. The second-order valence-corrected chi connectivity index (χ2v) is 5.60. The maximum absolute atomic E-state index is 12.4. The van der Waals surface area contributed by atoms with Crippen LogP contribution in [0.1, 0.15) is 23.2 Å². The number of likely N-dealkylation sites (tertiary alicyclic amines) is 1. The predicted octanol–water partition coefficient (Wildman–Crippen LogP) is 2.50. The summed E-state index contributed by atoms with van der Waals surface area (Å²) in [6.07, 6.45) is 1.32. The lowest BCUT2D eigenvalue weighted by Crippen LogP contribution is -2.42. The van der Waals surface area contributed by atoms with Gasteiger partial charge in [-0.05, 0) is 18.9 Å². The third-order valence-electron chi connectivity index (χ3n) is 3.40. The van der Waals surface area contributed by atoms with E-state index in [1.165, 1.54) is 0 Å². The first-order chi connectivity index (χ1) is 8.75. The maximum atomic E-state index is 12.4. The Labute approximate surface area is 110 Å². The lowest BCUT2D eigenvalue weighted by molar-refractivity contribution is 0.0476. The SMILES string of the molecule is O=C(c1csc2ccccc12)N1CCCC(O)C1. The number of aliphatic hydroxyl groups excluding tert-OH is 1. The number of nitrogens with zero attached hydrogens (tertiary/aromatic N) is 1. The van der Waals surface area contributed by atoms with Gasteiger partial charge in [-0.25, -0.2) is 0 Å². The molecule has 18 heavy (non-hydrogen) atoms. The Hall–Kier alpha value is -1.39. The number of carbonyl (C=O) groups is 1. The fourth-order valence-electron chi connectivity index (χ4n) is 2.45. The van der Waals surface area contributed by atoms with Crippen LogP contribution in [-0.2, 0) is 0 Å². The number of rotatable bonds is 1. The molecule has 0 radical (unpaired) electrons. The molecule has 1 aromatic carbocycles. The van der Waals surface area contributed by atoms with Crippen LogP contribution in [0.25, 0.3) is 10.1 Å². The smallest absolute Gasteiger partial charge is 0.255 e. The Balaban J connectivity index is 1.92. The highest BCUT2D eigenvalue weighted by Gasteiger charge is 2.24. The van der Waals surface area contributed by atoms with Gasteiger partial charge in [-0.15, -0.1) is 11.3 Å². The van der Waals surface area contributed by atoms with Crippen LogP contribution in [0, 0.1) is 0 Å². The maximum Gasteiger partial charge on any atom is 0.255 e. The van der Waals surface area contributed by atoms with E-state index in [1.54, 1.807) is 16.2 Å². The number of thiophene rings is 1. The largest absolute Gasteiger partial charge is 0.391 e. The van der Waals surface area contributed by atoms with Crippen LogP contribution in [0.2, 0.25) is 0 Å². The van der Waals surface area contributed by atoms with Crippen LogP contribution >= 0.6 is 11.3 Å². The summed E-state index contributed by atoms with van der Waals surface area (Å²) in [5.74, 6) is 0.0474. The van der Waals surface area contributed by atoms with Gasteiger partial charge in [0, 0.05) is 28.6 Å². The van der Waals surface area contributed by atoms with Crippen LogP contribution in [0.4, 0.5) is 0 Å². The quantitative estimate of drug-likeness (QED) is 0.857. The summed E-state index contributed by atoms with van der Waals surface area (Å²) < 4.78 is 1.14. The molecule has 1 atom stereocenters. The minimum absolute atomic E-state index is 0.0474. The van der Waals surface area contributed by atoms with Gasteiger partial charge >= 0.3 is 0 Å². The highest BCUT2D eigenvalue weighted by Crippen LogP contribution is 2.27. The van der Waals surface area contributed by atoms with Crippen LogP contribution in [-0.4, -0.2) is 35.1 Å². The molecule has 1 N–H and O–H groups in total. The molecule has 4 heteroatoms. The van der Waals surface area contributed by atoms with Crippen molar-refractivity contribution in [1.29, 1.82) is 0 Å². The zero-order valence-electron chi connectivity index (χ0n) is 10.0. The third kappa shape index (κ3) is 2.02. The van der Waals surface area contributed by atoms with Crippen molar-refractivity contribution in [3.63, 3.8) is 0 Å². The van der Waals surface area contributed by atoms with E-state index in [1.807, 2.05) is 29.6 Å². The van der Waals surface area contributed by atoms with Gasteiger partial charge in [0.2, 0.25) is 0 Å². The Morgan fingerprint density at radius 3 is 3.06 bits per heavy atom.